The van der Waals surface area contributed by atoms with Crippen LogP contribution in [0.5, 0.6) is 0 Å². The first-order valence-electron chi connectivity index (χ1n) is 8.53. The van der Waals surface area contributed by atoms with Crippen molar-refractivity contribution in [1.82, 2.24) is 10.2 Å². The van der Waals surface area contributed by atoms with E-state index in [1.165, 1.54) is 43.5 Å². The number of rotatable bonds is 7. The summed E-state index contributed by atoms with van der Waals surface area (Å²) in [5.41, 5.74) is 8.43. The lowest BCUT2D eigenvalue weighted by Crippen LogP contribution is -2.40. The van der Waals surface area contributed by atoms with Gasteiger partial charge in [0.1, 0.15) is 0 Å². The molecule has 3 N–H and O–H groups in total. The average molecular weight is 318 g/mol. The molecule has 5 heteroatoms. The van der Waals surface area contributed by atoms with Crippen LogP contribution in [0.1, 0.15) is 37.3 Å². The smallest absolute Gasteiger partial charge is 0.189 e. The Morgan fingerprint density at radius 2 is 1.87 bits per heavy atom. The quantitative estimate of drug-likeness (QED) is 0.597. The number of methoxy groups -OCH3 is 1. The summed E-state index contributed by atoms with van der Waals surface area (Å²) in [5, 5.41) is 3.11. The van der Waals surface area contributed by atoms with E-state index in [4.69, 9.17) is 10.5 Å². The van der Waals surface area contributed by atoms with Crippen LogP contribution < -0.4 is 11.1 Å². The van der Waals surface area contributed by atoms with E-state index in [-0.39, 0.29) is 6.04 Å². The van der Waals surface area contributed by atoms with E-state index in [9.17, 15) is 0 Å². The van der Waals surface area contributed by atoms with Crippen LogP contribution in [0.4, 0.5) is 0 Å². The summed E-state index contributed by atoms with van der Waals surface area (Å²) in [6, 6.07) is 8.87. The van der Waals surface area contributed by atoms with E-state index < -0.39 is 0 Å². The van der Waals surface area contributed by atoms with E-state index in [0.29, 0.717) is 19.1 Å². The van der Waals surface area contributed by atoms with Crippen molar-refractivity contribution in [3.8, 4) is 0 Å². The maximum absolute atomic E-state index is 5.88. The zero-order chi connectivity index (χ0) is 16.5. The first kappa shape index (κ1) is 17.8. The van der Waals surface area contributed by atoms with E-state index in [0.717, 1.165) is 6.54 Å². The molecule has 1 heterocycles. The number of nitrogens with one attached hydrogen (secondary N) is 1. The van der Waals surface area contributed by atoms with Crippen LogP contribution in [0.2, 0.25) is 0 Å². The van der Waals surface area contributed by atoms with E-state index >= 15 is 0 Å². The topological polar surface area (TPSA) is 62.9 Å². The molecule has 5 nitrogen and oxygen atoms in total. The molecule has 1 fully saturated rings. The van der Waals surface area contributed by atoms with Crippen molar-refractivity contribution >= 4 is 5.96 Å². The highest BCUT2D eigenvalue weighted by Gasteiger charge is 2.10. The summed E-state index contributed by atoms with van der Waals surface area (Å²) in [6.07, 6.45) is 4.05. The third kappa shape index (κ3) is 6.59. The number of piperidine rings is 1. The van der Waals surface area contributed by atoms with Gasteiger partial charge in [-0.05, 0) is 44.0 Å². The highest BCUT2D eigenvalue weighted by Crippen LogP contribution is 2.13. The number of nitrogens with zero attached hydrogens (tertiary/aromatic N) is 2. The highest BCUT2D eigenvalue weighted by molar-refractivity contribution is 5.78. The van der Waals surface area contributed by atoms with E-state index in [2.05, 4.69) is 39.5 Å². The second-order valence-electron chi connectivity index (χ2n) is 6.36. The third-order valence-corrected chi connectivity index (χ3v) is 4.12. The van der Waals surface area contributed by atoms with Crippen molar-refractivity contribution in [2.75, 3.05) is 26.8 Å². The molecular formula is C18H30N4O. The molecule has 1 aromatic carbocycles. The van der Waals surface area contributed by atoms with Gasteiger partial charge in [-0.15, -0.1) is 0 Å². The lowest BCUT2D eigenvalue weighted by atomic mass is 10.1. The van der Waals surface area contributed by atoms with Crippen molar-refractivity contribution in [3.63, 3.8) is 0 Å². The first-order chi connectivity index (χ1) is 11.2. The molecule has 1 saturated heterocycles. The van der Waals surface area contributed by atoms with E-state index in [1.54, 1.807) is 7.11 Å². The molecule has 2 rings (SSSR count). The van der Waals surface area contributed by atoms with Crippen molar-refractivity contribution in [1.29, 1.82) is 0 Å². The zero-order valence-corrected chi connectivity index (χ0v) is 14.4. The Hall–Kier alpha value is -1.59. The van der Waals surface area contributed by atoms with Gasteiger partial charge in [-0.25, -0.2) is 4.99 Å². The normalized spacial score (nSPS) is 17.9. The van der Waals surface area contributed by atoms with Crippen molar-refractivity contribution < 1.29 is 4.74 Å². The van der Waals surface area contributed by atoms with Gasteiger partial charge in [-0.3, -0.25) is 4.90 Å². The van der Waals surface area contributed by atoms with E-state index in [1.807, 2.05) is 6.92 Å². The lowest BCUT2D eigenvalue weighted by Gasteiger charge is -2.26. The van der Waals surface area contributed by atoms with Crippen molar-refractivity contribution in [2.45, 2.75) is 45.3 Å². The molecule has 1 aliphatic heterocycles. The summed E-state index contributed by atoms with van der Waals surface area (Å²) in [4.78, 5) is 6.92. The molecule has 0 aliphatic carbocycles. The molecule has 128 valence electrons. The van der Waals surface area contributed by atoms with Crippen LogP contribution >= 0.6 is 0 Å². The van der Waals surface area contributed by atoms with Gasteiger partial charge in [0, 0.05) is 19.7 Å². The van der Waals surface area contributed by atoms with Gasteiger partial charge >= 0.3 is 0 Å². The zero-order valence-electron chi connectivity index (χ0n) is 14.4. The molecule has 23 heavy (non-hydrogen) atoms. The Morgan fingerprint density at radius 3 is 2.52 bits per heavy atom. The molecule has 0 amide bonds. The second kappa shape index (κ2) is 9.53. The standard InChI is InChI=1S/C18H30N4O/c1-15(14-23-2)21-18(19)20-12-16-6-8-17(9-7-16)13-22-10-4-3-5-11-22/h6-9,15H,3-5,10-14H2,1-2H3,(H3,19,20,21). The molecule has 0 aromatic heterocycles. The minimum Gasteiger partial charge on any atom is -0.383 e. The summed E-state index contributed by atoms with van der Waals surface area (Å²) < 4.78 is 5.07. The Bertz CT molecular complexity index is 480. The monoisotopic (exact) mass is 318 g/mol. The van der Waals surface area contributed by atoms with Crippen LogP contribution in [0, 0.1) is 0 Å². The maximum Gasteiger partial charge on any atom is 0.189 e. The Labute approximate surface area is 139 Å². The Kier molecular flexibility index (Phi) is 7.36. The third-order valence-electron chi connectivity index (χ3n) is 4.12. The van der Waals surface area contributed by atoms with Gasteiger partial charge in [0.15, 0.2) is 5.96 Å². The summed E-state index contributed by atoms with van der Waals surface area (Å²) in [5.74, 6) is 0.465. The van der Waals surface area contributed by atoms with Gasteiger partial charge in [-0.1, -0.05) is 30.7 Å². The molecule has 0 radical (unpaired) electrons. The fourth-order valence-corrected chi connectivity index (χ4v) is 2.89. The molecule has 1 aromatic rings. The fourth-order valence-electron chi connectivity index (χ4n) is 2.89. The molecule has 0 bridgehead atoms. The van der Waals surface area contributed by atoms with Crippen LogP contribution in [0.25, 0.3) is 0 Å². The number of hydrogen-bond donors (Lipinski definition) is 2. The minimum atomic E-state index is 0.163. The molecule has 1 unspecified atom stereocenters. The predicted octanol–water partition coefficient (Wildman–Crippen LogP) is 2.11. The Morgan fingerprint density at radius 1 is 1.22 bits per heavy atom. The second-order valence-corrected chi connectivity index (χ2v) is 6.36. The summed E-state index contributed by atoms with van der Waals surface area (Å²) >= 11 is 0. The van der Waals surface area contributed by atoms with Gasteiger partial charge in [0.25, 0.3) is 0 Å². The fraction of sp³-hybridized carbons (Fsp3) is 0.611. The Balaban J connectivity index is 1.79. The first-order valence-corrected chi connectivity index (χ1v) is 8.53. The number of nitrogens with two attached hydrogens (primary N) is 1. The van der Waals surface area contributed by atoms with Crippen LogP contribution in [0.15, 0.2) is 29.3 Å². The molecule has 0 spiro atoms. The molecule has 1 atom stereocenters. The predicted molar refractivity (Wildman–Crippen MR) is 95.4 cm³/mol. The van der Waals surface area contributed by atoms with Crippen LogP contribution in [-0.2, 0) is 17.8 Å². The number of likely N-dealkylation sites (tertiary alicyclic amines) is 1. The minimum absolute atomic E-state index is 0.163. The number of guanidine groups is 1. The van der Waals surface area contributed by atoms with Gasteiger partial charge in [0.2, 0.25) is 0 Å². The summed E-state index contributed by atoms with van der Waals surface area (Å²) in [6.45, 7) is 6.74. The largest absolute Gasteiger partial charge is 0.383 e. The number of ether oxygens (including phenoxy) is 1. The number of benzene rings is 1. The number of hydrogen-bond acceptors (Lipinski definition) is 3. The van der Waals surface area contributed by atoms with Gasteiger partial charge in [-0.2, -0.15) is 0 Å². The highest BCUT2D eigenvalue weighted by atomic mass is 16.5. The molecule has 0 saturated carbocycles. The lowest BCUT2D eigenvalue weighted by molar-refractivity contribution is 0.179. The van der Waals surface area contributed by atoms with Crippen molar-refractivity contribution in [2.24, 2.45) is 10.7 Å². The average Bonchev–Trinajstić information content (AvgIpc) is 2.55. The molecule has 1 aliphatic rings. The van der Waals surface area contributed by atoms with Gasteiger partial charge in [0.05, 0.1) is 13.2 Å². The summed E-state index contributed by atoms with van der Waals surface area (Å²) in [7, 11) is 1.68. The maximum atomic E-state index is 5.88. The van der Waals surface area contributed by atoms with Crippen LogP contribution in [0.3, 0.4) is 0 Å². The number of aliphatic imine (C=N–C) groups is 1. The van der Waals surface area contributed by atoms with Crippen LogP contribution in [-0.4, -0.2) is 43.7 Å². The van der Waals surface area contributed by atoms with Crippen molar-refractivity contribution in [3.05, 3.63) is 35.4 Å². The SMILES string of the molecule is COCC(C)NC(N)=NCc1ccc(CN2CCCCC2)cc1. The molecular weight excluding hydrogens is 288 g/mol. The van der Waals surface area contributed by atoms with Gasteiger partial charge < -0.3 is 15.8 Å².